The molecule has 2 fully saturated rings. The minimum absolute atomic E-state index is 0.503. The second-order valence-electron chi connectivity index (χ2n) is 6.83. The molecule has 2 aliphatic heterocycles. The van der Waals surface area contributed by atoms with Crippen LogP contribution in [0.3, 0.4) is 0 Å². The molecule has 2 saturated heterocycles. The predicted octanol–water partition coefficient (Wildman–Crippen LogP) is 2.13. The Morgan fingerprint density at radius 2 is 1.58 bits per heavy atom. The molecular formula is C15H24N4. The van der Waals surface area contributed by atoms with Crippen molar-refractivity contribution in [3.8, 4) is 0 Å². The first-order valence-electron chi connectivity index (χ1n) is 7.30. The molecule has 1 aromatic rings. The van der Waals surface area contributed by atoms with Gasteiger partial charge in [-0.2, -0.15) is 0 Å². The van der Waals surface area contributed by atoms with E-state index in [2.05, 4.69) is 47.5 Å². The van der Waals surface area contributed by atoms with E-state index >= 15 is 0 Å². The summed E-state index contributed by atoms with van der Waals surface area (Å²) >= 11 is 0. The maximum absolute atomic E-state index is 4.50. The van der Waals surface area contributed by atoms with Crippen LogP contribution in [0, 0.1) is 5.41 Å². The summed E-state index contributed by atoms with van der Waals surface area (Å²) in [5.74, 6) is 1.40. The molecule has 1 spiro atoms. The fraction of sp³-hybridized carbons (Fsp3) is 0.733. The Morgan fingerprint density at radius 1 is 1.00 bits per heavy atom. The summed E-state index contributed by atoms with van der Waals surface area (Å²) in [5, 5.41) is 0. The van der Waals surface area contributed by atoms with Gasteiger partial charge < -0.3 is 4.90 Å². The van der Waals surface area contributed by atoms with Gasteiger partial charge in [-0.3, -0.25) is 4.90 Å². The van der Waals surface area contributed by atoms with Gasteiger partial charge in [0.05, 0.1) is 0 Å². The standard InChI is InChI=1S/C15H24N4/c1-11(2)13-5-16-14(17-6-13)19-9-15(10-19)7-18(8-15)12(3)4/h5-6,11-12H,7-10H2,1-4H3. The fourth-order valence-electron chi connectivity index (χ4n) is 3.08. The average Bonchev–Trinajstić information content (AvgIpc) is 2.25. The number of rotatable bonds is 3. The highest BCUT2D eigenvalue weighted by Crippen LogP contribution is 2.41. The number of nitrogens with zero attached hydrogens (tertiary/aromatic N) is 4. The van der Waals surface area contributed by atoms with Gasteiger partial charge >= 0.3 is 0 Å². The van der Waals surface area contributed by atoms with Gasteiger partial charge in [-0.1, -0.05) is 13.8 Å². The molecule has 4 heteroatoms. The Kier molecular flexibility index (Phi) is 3.01. The van der Waals surface area contributed by atoms with E-state index in [1.165, 1.54) is 18.7 Å². The lowest BCUT2D eigenvalue weighted by atomic mass is 9.72. The van der Waals surface area contributed by atoms with Crippen molar-refractivity contribution in [3.05, 3.63) is 18.0 Å². The number of hydrogen-bond acceptors (Lipinski definition) is 4. The highest BCUT2D eigenvalue weighted by Gasteiger charge is 2.52. The van der Waals surface area contributed by atoms with Gasteiger partial charge in [-0.25, -0.2) is 9.97 Å². The number of likely N-dealkylation sites (tertiary alicyclic amines) is 1. The van der Waals surface area contributed by atoms with E-state index in [1.54, 1.807) is 0 Å². The Labute approximate surface area is 115 Å². The Balaban J connectivity index is 1.56. The number of anilines is 1. The van der Waals surface area contributed by atoms with E-state index in [1.807, 2.05) is 12.4 Å². The van der Waals surface area contributed by atoms with Crippen LogP contribution in [0.5, 0.6) is 0 Å². The van der Waals surface area contributed by atoms with Crippen LogP contribution in [-0.2, 0) is 0 Å². The van der Waals surface area contributed by atoms with Gasteiger partial charge in [0.2, 0.25) is 5.95 Å². The minimum Gasteiger partial charge on any atom is -0.339 e. The van der Waals surface area contributed by atoms with Gasteiger partial charge in [0.1, 0.15) is 0 Å². The monoisotopic (exact) mass is 260 g/mol. The first-order valence-corrected chi connectivity index (χ1v) is 7.30. The first-order chi connectivity index (χ1) is 8.99. The van der Waals surface area contributed by atoms with Gasteiger partial charge in [0, 0.05) is 50.0 Å². The molecule has 1 aromatic heterocycles. The van der Waals surface area contributed by atoms with E-state index < -0.39 is 0 Å². The predicted molar refractivity (Wildman–Crippen MR) is 77.5 cm³/mol. The molecule has 0 aliphatic carbocycles. The van der Waals surface area contributed by atoms with E-state index in [-0.39, 0.29) is 0 Å². The van der Waals surface area contributed by atoms with Crippen LogP contribution in [0.25, 0.3) is 0 Å². The lowest BCUT2D eigenvalue weighted by molar-refractivity contribution is -0.0418. The van der Waals surface area contributed by atoms with E-state index in [4.69, 9.17) is 0 Å². The third-order valence-electron chi connectivity index (χ3n) is 4.47. The summed E-state index contributed by atoms with van der Waals surface area (Å²) in [7, 11) is 0. The molecule has 0 amide bonds. The molecule has 0 aromatic carbocycles. The molecule has 104 valence electrons. The zero-order valence-electron chi connectivity index (χ0n) is 12.4. The molecule has 0 bridgehead atoms. The first kappa shape index (κ1) is 12.9. The van der Waals surface area contributed by atoms with Gasteiger partial charge in [-0.05, 0) is 25.3 Å². The van der Waals surface area contributed by atoms with Gasteiger partial charge in [0.15, 0.2) is 0 Å². The van der Waals surface area contributed by atoms with Crippen molar-refractivity contribution in [1.29, 1.82) is 0 Å². The summed E-state index contributed by atoms with van der Waals surface area (Å²) < 4.78 is 0. The molecule has 0 unspecified atom stereocenters. The molecule has 0 saturated carbocycles. The summed E-state index contributed by atoms with van der Waals surface area (Å²) in [6.07, 6.45) is 3.94. The van der Waals surface area contributed by atoms with Gasteiger partial charge in [0.25, 0.3) is 0 Å². The molecule has 2 aliphatic rings. The van der Waals surface area contributed by atoms with Gasteiger partial charge in [-0.15, -0.1) is 0 Å². The number of hydrogen-bond donors (Lipinski definition) is 0. The summed E-state index contributed by atoms with van der Waals surface area (Å²) in [4.78, 5) is 13.9. The molecule has 3 rings (SSSR count). The SMILES string of the molecule is CC(C)c1cnc(N2CC3(C2)CN(C(C)C)C3)nc1. The topological polar surface area (TPSA) is 32.3 Å². The molecule has 0 atom stereocenters. The summed E-state index contributed by atoms with van der Waals surface area (Å²) in [5.41, 5.74) is 1.75. The third-order valence-corrected chi connectivity index (χ3v) is 4.47. The second kappa shape index (κ2) is 4.44. The van der Waals surface area contributed by atoms with Crippen molar-refractivity contribution in [2.75, 3.05) is 31.1 Å². The molecule has 3 heterocycles. The van der Waals surface area contributed by atoms with Crippen LogP contribution in [0.15, 0.2) is 12.4 Å². The fourth-order valence-corrected chi connectivity index (χ4v) is 3.08. The van der Waals surface area contributed by atoms with Crippen molar-refractivity contribution < 1.29 is 0 Å². The van der Waals surface area contributed by atoms with Crippen molar-refractivity contribution in [2.24, 2.45) is 5.41 Å². The maximum Gasteiger partial charge on any atom is 0.225 e. The minimum atomic E-state index is 0.503. The second-order valence-corrected chi connectivity index (χ2v) is 6.83. The Morgan fingerprint density at radius 3 is 2.05 bits per heavy atom. The Hall–Kier alpha value is -1.16. The Bertz CT molecular complexity index is 438. The third kappa shape index (κ3) is 2.22. The normalized spacial score (nSPS) is 21.9. The van der Waals surface area contributed by atoms with E-state index in [9.17, 15) is 0 Å². The molecule has 0 N–H and O–H groups in total. The highest BCUT2D eigenvalue weighted by atomic mass is 15.4. The highest BCUT2D eigenvalue weighted by molar-refractivity contribution is 5.38. The van der Waals surface area contributed by atoms with Crippen molar-refractivity contribution >= 4 is 5.95 Å². The molecule has 0 radical (unpaired) electrons. The largest absolute Gasteiger partial charge is 0.339 e. The molecular weight excluding hydrogens is 236 g/mol. The van der Waals surface area contributed by atoms with E-state index in [0.717, 1.165) is 19.0 Å². The summed E-state index contributed by atoms with van der Waals surface area (Å²) in [6.45, 7) is 13.6. The quantitative estimate of drug-likeness (QED) is 0.833. The van der Waals surface area contributed by atoms with Crippen LogP contribution < -0.4 is 4.90 Å². The average molecular weight is 260 g/mol. The van der Waals surface area contributed by atoms with Crippen molar-refractivity contribution in [3.63, 3.8) is 0 Å². The van der Waals surface area contributed by atoms with Crippen molar-refractivity contribution in [2.45, 2.75) is 39.7 Å². The lowest BCUT2D eigenvalue weighted by Gasteiger charge is -2.61. The van der Waals surface area contributed by atoms with Crippen molar-refractivity contribution in [1.82, 2.24) is 14.9 Å². The lowest BCUT2D eigenvalue weighted by Crippen LogP contribution is -2.73. The smallest absolute Gasteiger partial charge is 0.225 e. The van der Waals surface area contributed by atoms with Crippen LogP contribution in [0.2, 0.25) is 0 Å². The summed E-state index contributed by atoms with van der Waals surface area (Å²) in [6, 6.07) is 0.682. The molecule has 19 heavy (non-hydrogen) atoms. The zero-order valence-corrected chi connectivity index (χ0v) is 12.4. The molecule has 4 nitrogen and oxygen atoms in total. The van der Waals surface area contributed by atoms with Crippen LogP contribution in [-0.4, -0.2) is 47.1 Å². The zero-order chi connectivity index (χ0) is 13.6. The maximum atomic E-state index is 4.50. The van der Waals surface area contributed by atoms with Crippen LogP contribution >= 0.6 is 0 Å². The van der Waals surface area contributed by atoms with E-state index in [0.29, 0.717) is 17.4 Å². The van der Waals surface area contributed by atoms with Crippen LogP contribution in [0.1, 0.15) is 39.2 Å². The van der Waals surface area contributed by atoms with Crippen LogP contribution in [0.4, 0.5) is 5.95 Å². The number of aromatic nitrogens is 2.